The Kier molecular flexibility index (Phi) is 4.16. The summed E-state index contributed by atoms with van der Waals surface area (Å²) in [6.45, 7) is 8.84. The third kappa shape index (κ3) is 2.72. The molecule has 20 heavy (non-hydrogen) atoms. The fourth-order valence-electron chi connectivity index (χ4n) is 2.67. The van der Waals surface area contributed by atoms with Crippen LogP contribution in [0.2, 0.25) is 0 Å². The second-order valence-electron chi connectivity index (χ2n) is 6.09. The van der Waals surface area contributed by atoms with Crippen molar-refractivity contribution in [2.75, 3.05) is 13.2 Å². The number of aryl methyl sites for hydroxylation is 2. The molecule has 1 aliphatic rings. The Hall–Kier alpha value is -1.39. The van der Waals surface area contributed by atoms with Crippen LogP contribution in [0.15, 0.2) is 18.2 Å². The Bertz CT molecular complexity index is 515. The number of hydrogen-bond donors (Lipinski definition) is 2. The fourth-order valence-corrected chi connectivity index (χ4v) is 2.67. The summed E-state index contributed by atoms with van der Waals surface area (Å²) >= 11 is 0. The van der Waals surface area contributed by atoms with E-state index >= 15 is 0 Å². The van der Waals surface area contributed by atoms with Gasteiger partial charge in [0.2, 0.25) is 5.91 Å². The van der Waals surface area contributed by atoms with Crippen molar-refractivity contribution in [3.8, 4) is 0 Å². The molecule has 1 aromatic carbocycles. The van der Waals surface area contributed by atoms with Crippen LogP contribution < -0.4 is 11.1 Å². The minimum atomic E-state index is -0.632. The lowest BCUT2D eigenvalue weighted by Crippen LogP contribution is -2.50. The molecule has 0 bridgehead atoms. The van der Waals surface area contributed by atoms with Crippen molar-refractivity contribution >= 4 is 5.91 Å². The van der Waals surface area contributed by atoms with E-state index in [1.807, 2.05) is 13.8 Å². The molecule has 2 rings (SSSR count). The van der Waals surface area contributed by atoms with Gasteiger partial charge in [0.25, 0.3) is 0 Å². The predicted octanol–water partition coefficient (Wildman–Crippen LogP) is 1.84. The SMILES string of the molecule is Cc1ccc(C(C)NC(=O)C2(C)COCC2N)c(C)c1. The molecule has 0 radical (unpaired) electrons. The second kappa shape index (κ2) is 5.54. The highest BCUT2D eigenvalue weighted by atomic mass is 16.5. The average Bonchev–Trinajstić information content (AvgIpc) is 2.70. The van der Waals surface area contributed by atoms with E-state index in [0.29, 0.717) is 13.2 Å². The van der Waals surface area contributed by atoms with Crippen molar-refractivity contribution in [1.29, 1.82) is 0 Å². The molecule has 1 fully saturated rings. The van der Waals surface area contributed by atoms with Crippen molar-refractivity contribution in [2.24, 2.45) is 11.1 Å². The molecule has 1 aromatic rings. The van der Waals surface area contributed by atoms with Crippen LogP contribution in [0.3, 0.4) is 0 Å². The van der Waals surface area contributed by atoms with Gasteiger partial charge in [0.15, 0.2) is 0 Å². The normalized spacial score (nSPS) is 27.4. The maximum atomic E-state index is 12.5. The molecule has 1 saturated heterocycles. The summed E-state index contributed by atoms with van der Waals surface area (Å²) in [6, 6.07) is 5.99. The Morgan fingerprint density at radius 2 is 2.20 bits per heavy atom. The van der Waals surface area contributed by atoms with Crippen LogP contribution in [0.4, 0.5) is 0 Å². The van der Waals surface area contributed by atoms with Gasteiger partial charge >= 0.3 is 0 Å². The van der Waals surface area contributed by atoms with E-state index in [0.717, 1.165) is 5.56 Å². The fraction of sp³-hybridized carbons (Fsp3) is 0.562. The van der Waals surface area contributed by atoms with Gasteiger partial charge in [-0.3, -0.25) is 4.79 Å². The lowest BCUT2D eigenvalue weighted by atomic mass is 9.84. The molecular formula is C16H24N2O2. The van der Waals surface area contributed by atoms with E-state index in [1.165, 1.54) is 11.1 Å². The molecular weight excluding hydrogens is 252 g/mol. The van der Waals surface area contributed by atoms with Gasteiger partial charge in [-0.25, -0.2) is 0 Å². The van der Waals surface area contributed by atoms with Gasteiger partial charge in [-0.1, -0.05) is 23.8 Å². The number of rotatable bonds is 3. The van der Waals surface area contributed by atoms with Crippen LogP contribution in [0.5, 0.6) is 0 Å². The maximum absolute atomic E-state index is 12.5. The van der Waals surface area contributed by atoms with E-state index in [1.54, 1.807) is 0 Å². The van der Waals surface area contributed by atoms with Gasteiger partial charge in [0.1, 0.15) is 0 Å². The predicted molar refractivity (Wildman–Crippen MR) is 79.4 cm³/mol. The number of carbonyl (C=O) groups excluding carboxylic acids is 1. The molecule has 0 saturated carbocycles. The minimum Gasteiger partial charge on any atom is -0.379 e. The Morgan fingerprint density at radius 1 is 1.50 bits per heavy atom. The van der Waals surface area contributed by atoms with Gasteiger partial charge in [-0.2, -0.15) is 0 Å². The van der Waals surface area contributed by atoms with E-state index in [4.69, 9.17) is 10.5 Å². The van der Waals surface area contributed by atoms with Crippen LogP contribution in [-0.2, 0) is 9.53 Å². The first-order valence-electron chi connectivity index (χ1n) is 7.06. The quantitative estimate of drug-likeness (QED) is 0.885. The van der Waals surface area contributed by atoms with E-state index in [9.17, 15) is 4.79 Å². The summed E-state index contributed by atoms with van der Waals surface area (Å²) < 4.78 is 5.33. The van der Waals surface area contributed by atoms with E-state index in [2.05, 4.69) is 37.4 Å². The summed E-state index contributed by atoms with van der Waals surface area (Å²) in [5.41, 5.74) is 8.91. The number of amides is 1. The number of carbonyl (C=O) groups is 1. The van der Waals surface area contributed by atoms with Crippen LogP contribution in [0, 0.1) is 19.3 Å². The van der Waals surface area contributed by atoms with Crippen LogP contribution >= 0.6 is 0 Å². The first-order valence-corrected chi connectivity index (χ1v) is 7.06. The van der Waals surface area contributed by atoms with Crippen LogP contribution in [0.25, 0.3) is 0 Å². The van der Waals surface area contributed by atoms with Gasteiger partial charge in [0.05, 0.1) is 24.7 Å². The molecule has 4 nitrogen and oxygen atoms in total. The standard InChI is InChI=1S/C16H24N2O2/c1-10-5-6-13(11(2)7-10)12(3)18-15(19)16(4)9-20-8-14(16)17/h5-7,12,14H,8-9,17H2,1-4H3,(H,18,19). The molecule has 1 heterocycles. The largest absolute Gasteiger partial charge is 0.379 e. The molecule has 0 aliphatic carbocycles. The van der Waals surface area contributed by atoms with Gasteiger partial charge in [0, 0.05) is 6.04 Å². The summed E-state index contributed by atoms with van der Waals surface area (Å²) in [5.74, 6) is -0.0324. The number of hydrogen-bond acceptors (Lipinski definition) is 3. The molecule has 4 heteroatoms. The number of nitrogens with two attached hydrogens (primary N) is 1. The van der Waals surface area contributed by atoms with Crippen molar-refractivity contribution in [3.63, 3.8) is 0 Å². The van der Waals surface area contributed by atoms with E-state index < -0.39 is 5.41 Å². The summed E-state index contributed by atoms with van der Waals surface area (Å²) in [7, 11) is 0. The first kappa shape index (κ1) is 15.0. The summed E-state index contributed by atoms with van der Waals surface area (Å²) in [6.07, 6.45) is 0. The lowest BCUT2D eigenvalue weighted by molar-refractivity contribution is -0.131. The molecule has 1 aliphatic heterocycles. The molecule has 3 unspecified atom stereocenters. The highest BCUT2D eigenvalue weighted by molar-refractivity contribution is 5.84. The number of benzene rings is 1. The molecule has 0 aromatic heterocycles. The number of ether oxygens (including phenoxy) is 1. The topological polar surface area (TPSA) is 64.3 Å². The minimum absolute atomic E-state index is 0.0324. The molecule has 0 spiro atoms. The van der Waals surface area contributed by atoms with Crippen molar-refractivity contribution < 1.29 is 9.53 Å². The Labute approximate surface area is 120 Å². The van der Waals surface area contributed by atoms with Crippen molar-refractivity contribution in [2.45, 2.75) is 39.8 Å². The second-order valence-corrected chi connectivity index (χ2v) is 6.09. The van der Waals surface area contributed by atoms with Crippen LogP contribution in [0.1, 0.15) is 36.6 Å². The van der Waals surface area contributed by atoms with Gasteiger partial charge in [-0.05, 0) is 38.8 Å². The zero-order valence-electron chi connectivity index (χ0n) is 12.7. The molecule has 3 N–H and O–H groups in total. The van der Waals surface area contributed by atoms with E-state index in [-0.39, 0.29) is 18.0 Å². The Morgan fingerprint density at radius 3 is 2.75 bits per heavy atom. The van der Waals surface area contributed by atoms with Crippen molar-refractivity contribution in [1.82, 2.24) is 5.32 Å². The first-order chi connectivity index (χ1) is 9.34. The third-order valence-corrected chi connectivity index (χ3v) is 4.28. The van der Waals surface area contributed by atoms with Gasteiger partial charge < -0.3 is 15.8 Å². The highest BCUT2D eigenvalue weighted by Gasteiger charge is 2.44. The molecule has 1 amide bonds. The molecule has 110 valence electrons. The third-order valence-electron chi connectivity index (χ3n) is 4.28. The zero-order chi connectivity index (χ0) is 14.9. The lowest BCUT2D eigenvalue weighted by Gasteiger charge is -2.28. The van der Waals surface area contributed by atoms with Crippen LogP contribution in [-0.4, -0.2) is 25.2 Å². The zero-order valence-corrected chi connectivity index (χ0v) is 12.7. The molecule has 3 atom stereocenters. The monoisotopic (exact) mass is 276 g/mol. The highest BCUT2D eigenvalue weighted by Crippen LogP contribution is 2.28. The maximum Gasteiger partial charge on any atom is 0.230 e. The number of nitrogens with one attached hydrogen (secondary N) is 1. The average molecular weight is 276 g/mol. The summed E-state index contributed by atoms with van der Waals surface area (Å²) in [4.78, 5) is 12.5. The van der Waals surface area contributed by atoms with Crippen molar-refractivity contribution in [3.05, 3.63) is 34.9 Å². The smallest absolute Gasteiger partial charge is 0.230 e. The van der Waals surface area contributed by atoms with Gasteiger partial charge in [-0.15, -0.1) is 0 Å². The Balaban J connectivity index is 2.11. The summed E-state index contributed by atoms with van der Waals surface area (Å²) in [5, 5.41) is 3.07.